The third-order valence-electron chi connectivity index (χ3n) is 6.62. The maximum atomic E-state index is 13.2. The molecule has 0 unspecified atom stereocenters. The van der Waals surface area contributed by atoms with Crippen LogP contribution >= 0.6 is 0 Å². The molecule has 0 radical (unpaired) electrons. The second-order valence-corrected chi connectivity index (χ2v) is 10.4. The van der Waals surface area contributed by atoms with Crippen LogP contribution in [0.15, 0.2) is 47.4 Å². The van der Waals surface area contributed by atoms with Crippen molar-refractivity contribution in [3.8, 4) is 0 Å². The van der Waals surface area contributed by atoms with Crippen molar-refractivity contribution < 1.29 is 8.42 Å². The van der Waals surface area contributed by atoms with Crippen molar-refractivity contribution in [2.75, 3.05) is 26.2 Å². The Morgan fingerprint density at radius 3 is 2.25 bits per heavy atom. The lowest BCUT2D eigenvalue weighted by Crippen LogP contribution is -2.38. The summed E-state index contributed by atoms with van der Waals surface area (Å²) >= 11 is 0. The van der Waals surface area contributed by atoms with Crippen molar-refractivity contribution in [1.29, 1.82) is 0 Å². The van der Waals surface area contributed by atoms with Crippen molar-refractivity contribution in [1.82, 2.24) is 9.62 Å². The number of hydrogen-bond donors (Lipinski definition) is 1. The summed E-state index contributed by atoms with van der Waals surface area (Å²) in [5.41, 5.74) is 0. The van der Waals surface area contributed by atoms with Gasteiger partial charge in [-0.15, -0.1) is 0 Å². The molecule has 2 saturated heterocycles. The summed E-state index contributed by atoms with van der Waals surface area (Å²) in [6.45, 7) is 3.66. The smallest absolute Gasteiger partial charge is 0.243 e. The van der Waals surface area contributed by atoms with E-state index in [2.05, 4.69) is 5.32 Å². The van der Waals surface area contributed by atoms with Gasteiger partial charge in [-0.05, 0) is 62.1 Å². The topological polar surface area (TPSA) is 49.4 Å². The molecule has 2 aromatic rings. The van der Waals surface area contributed by atoms with Crippen LogP contribution in [-0.4, -0.2) is 38.9 Å². The molecule has 2 aliphatic rings. The van der Waals surface area contributed by atoms with Gasteiger partial charge in [-0.2, -0.15) is 4.31 Å². The largest absolute Gasteiger partial charge is 0.317 e. The first-order valence-electron chi connectivity index (χ1n) is 10.8. The van der Waals surface area contributed by atoms with Gasteiger partial charge in [0.2, 0.25) is 10.0 Å². The summed E-state index contributed by atoms with van der Waals surface area (Å²) in [4.78, 5) is 0.454. The zero-order chi connectivity index (χ0) is 19.4. The zero-order valence-electron chi connectivity index (χ0n) is 16.6. The molecule has 2 aliphatic heterocycles. The first kappa shape index (κ1) is 19.9. The highest BCUT2D eigenvalue weighted by molar-refractivity contribution is 7.89. The molecule has 0 bridgehead atoms. The molecule has 0 aromatic heterocycles. The predicted molar refractivity (Wildman–Crippen MR) is 115 cm³/mol. The molecule has 0 spiro atoms. The number of fused-ring (bicyclic) bond motifs is 1. The standard InChI is InChI=1S/C23H32N2O2S/c26-28(27,23-10-4-8-21-7-1-2-9-22(21)23)25-17-13-20(14-18-25)6-3-5-19-11-15-24-16-12-19/h1-2,4,7-10,19-20,24H,3,5-6,11-18H2. The zero-order valence-corrected chi connectivity index (χ0v) is 17.5. The Balaban J connectivity index is 1.33. The first-order chi connectivity index (χ1) is 13.6. The first-order valence-corrected chi connectivity index (χ1v) is 12.3. The minimum Gasteiger partial charge on any atom is -0.317 e. The van der Waals surface area contributed by atoms with E-state index in [9.17, 15) is 8.42 Å². The van der Waals surface area contributed by atoms with Crippen LogP contribution in [-0.2, 0) is 10.0 Å². The van der Waals surface area contributed by atoms with Gasteiger partial charge in [-0.25, -0.2) is 8.42 Å². The molecule has 5 heteroatoms. The van der Waals surface area contributed by atoms with Gasteiger partial charge in [0.15, 0.2) is 0 Å². The minimum atomic E-state index is -3.42. The normalized spacial score (nSPS) is 20.6. The Kier molecular flexibility index (Phi) is 6.34. The SMILES string of the molecule is O=S(=O)(c1cccc2ccccc12)N1CCC(CCCC2CCNCC2)CC1. The summed E-state index contributed by atoms with van der Waals surface area (Å²) in [6, 6.07) is 13.3. The van der Waals surface area contributed by atoms with E-state index in [0.717, 1.165) is 29.5 Å². The fourth-order valence-electron chi connectivity index (χ4n) is 4.86. The summed E-state index contributed by atoms with van der Waals surface area (Å²) in [6.07, 6.45) is 8.53. The highest BCUT2D eigenvalue weighted by atomic mass is 32.2. The summed E-state index contributed by atoms with van der Waals surface area (Å²) in [5.74, 6) is 1.58. The molecule has 1 N–H and O–H groups in total. The van der Waals surface area contributed by atoms with Crippen molar-refractivity contribution >= 4 is 20.8 Å². The Morgan fingerprint density at radius 2 is 1.50 bits per heavy atom. The molecular weight excluding hydrogens is 368 g/mol. The van der Waals surface area contributed by atoms with Gasteiger partial charge in [-0.3, -0.25) is 0 Å². The van der Waals surface area contributed by atoms with Gasteiger partial charge in [0, 0.05) is 18.5 Å². The molecule has 4 nitrogen and oxygen atoms in total. The molecule has 2 fully saturated rings. The number of benzene rings is 2. The van der Waals surface area contributed by atoms with Gasteiger partial charge in [0.05, 0.1) is 4.90 Å². The van der Waals surface area contributed by atoms with E-state index in [1.54, 1.807) is 10.4 Å². The van der Waals surface area contributed by atoms with Crippen LogP contribution in [0.25, 0.3) is 10.8 Å². The molecular formula is C23H32N2O2S. The van der Waals surface area contributed by atoms with E-state index >= 15 is 0 Å². The molecule has 2 aromatic carbocycles. The predicted octanol–water partition coefficient (Wildman–Crippen LogP) is 4.41. The van der Waals surface area contributed by atoms with E-state index in [0.29, 0.717) is 23.9 Å². The molecule has 2 heterocycles. The van der Waals surface area contributed by atoms with Crippen LogP contribution in [0.5, 0.6) is 0 Å². The molecule has 0 aliphatic carbocycles. The average molecular weight is 401 g/mol. The average Bonchev–Trinajstić information content (AvgIpc) is 2.74. The number of nitrogens with one attached hydrogen (secondary N) is 1. The van der Waals surface area contributed by atoms with Crippen LogP contribution < -0.4 is 5.32 Å². The second-order valence-electron chi connectivity index (χ2n) is 8.45. The highest BCUT2D eigenvalue weighted by Gasteiger charge is 2.30. The van der Waals surface area contributed by atoms with E-state index in [1.807, 2.05) is 36.4 Å². The Morgan fingerprint density at radius 1 is 0.857 bits per heavy atom. The lowest BCUT2D eigenvalue weighted by Gasteiger charge is -2.32. The van der Waals surface area contributed by atoms with Gasteiger partial charge in [-0.1, -0.05) is 55.7 Å². The number of hydrogen-bond acceptors (Lipinski definition) is 3. The van der Waals surface area contributed by atoms with Crippen molar-refractivity contribution in [3.05, 3.63) is 42.5 Å². The molecule has 152 valence electrons. The highest BCUT2D eigenvalue weighted by Crippen LogP contribution is 2.31. The van der Waals surface area contributed by atoms with E-state index < -0.39 is 10.0 Å². The maximum absolute atomic E-state index is 13.2. The Bertz CT molecular complexity index is 877. The maximum Gasteiger partial charge on any atom is 0.243 e. The third kappa shape index (κ3) is 4.42. The van der Waals surface area contributed by atoms with Crippen molar-refractivity contribution in [2.45, 2.75) is 49.8 Å². The van der Waals surface area contributed by atoms with Gasteiger partial charge >= 0.3 is 0 Å². The summed E-state index contributed by atoms with van der Waals surface area (Å²) < 4.78 is 28.2. The minimum absolute atomic E-state index is 0.454. The van der Waals surface area contributed by atoms with Gasteiger partial charge in [0.1, 0.15) is 0 Å². The van der Waals surface area contributed by atoms with E-state index in [1.165, 1.54) is 45.2 Å². The molecule has 28 heavy (non-hydrogen) atoms. The van der Waals surface area contributed by atoms with Gasteiger partial charge < -0.3 is 5.32 Å². The monoisotopic (exact) mass is 400 g/mol. The van der Waals surface area contributed by atoms with Crippen LogP contribution in [0.1, 0.15) is 44.9 Å². The van der Waals surface area contributed by atoms with Gasteiger partial charge in [0.25, 0.3) is 0 Å². The van der Waals surface area contributed by atoms with Crippen LogP contribution in [0.4, 0.5) is 0 Å². The fraction of sp³-hybridized carbons (Fsp3) is 0.565. The Labute approximate surface area is 169 Å². The number of sulfonamides is 1. The lowest BCUT2D eigenvalue weighted by molar-refractivity contribution is 0.250. The summed E-state index contributed by atoms with van der Waals surface area (Å²) in [7, 11) is -3.42. The van der Waals surface area contributed by atoms with E-state index in [4.69, 9.17) is 0 Å². The van der Waals surface area contributed by atoms with Crippen LogP contribution in [0, 0.1) is 11.8 Å². The summed E-state index contributed by atoms with van der Waals surface area (Å²) in [5, 5.41) is 5.25. The molecule has 0 amide bonds. The third-order valence-corrected chi connectivity index (χ3v) is 8.58. The molecule has 4 rings (SSSR count). The lowest BCUT2D eigenvalue weighted by atomic mass is 9.87. The van der Waals surface area contributed by atoms with Crippen LogP contribution in [0.3, 0.4) is 0 Å². The quantitative estimate of drug-likeness (QED) is 0.781. The number of nitrogens with zero attached hydrogens (tertiary/aromatic N) is 1. The van der Waals surface area contributed by atoms with Crippen LogP contribution in [0.2, 0.25) is 0 Å². The van der Waals surface area contributed by atoms with E-state index in [-0.39, 0.29) is 0 Å². The number of rotatable bonds is 6. The van der Waals surface area contributed by atoms with Crippen molar-refractivity contribution in [3.63, 3.8) is 0 Å². The Hall–Kier alpha value is -1.43. The van der Waals surface area contributed by atoms with Crippen molar-refractivity contribution in [2.24, 2.45) is 11.8 Å². The molecule has 0 atom stereocenters. The fourth-order valence-corrected chi connectivity index (χ4v) is 6.55. The second kappa shape index (κ2) is 8.93. The molecule has 0 saturated carbocycles. The number of piperidine rings is 2.